The molecule has 0 fully saturated rings. The number of aliphatic hydroxyl groups excluding tert-OH is 1. The average Bonchev–Trinajstić information content (AvgIpc) is 3.40. The van der Waals surface area contributed by atoms with Gasteiger partial charge in [-0.15, -0.1) is 0 Å². The molecule has 0 saturated heterocycles. The van der Waals surface area contributed by atoms with Crippen molar-refractivity contribution in [3.8, 4) is 0 Å². The lowest BCUT2D eigenvalue weighted by molar-refractivity contribution is -0.161. The average molecular weight is 1040 g/mol. The lowest BCUT2D eigenvalue weighted by Gasteiger charge is -2.15. The largest absolute Gasteiger partial charge is 0.462 e. The third-order valence-electron chi connectivity index (χ3n) is 15.4. The molecule has 436 valence electrons. The van der Waals surface area contributed by atoms with Crippen molar-refractivity contribution in [3.63, 3.8) is 0 Å². The predicted octanol–water partition coefficient (Wildman–Crippen LogP) is 23.0. The van der Waals surface area contributed by atoms with E-state index in [9.17, 15) is 14.7 Å². The fraction of sp³-hybridized carbons (Fsp3) is 0.884. The lowest BCUT2D eigenvalue weighted by atomic mass is 10.0. The van der Waals surface area contributed by atoms with Gasteiger partial charge in [0.25, 0.3) is 0 Å². The SMILES string of the molecule is CCCCCCC/C=C\C/C=C\C/C=C\CCCCCCCCCCCCCCCCCCCCCCCCCCCCC(=O)OC(CO)COC(=O)CCCCCCCCCCCCCCCCCCCCC. The number of unbranched alkanes of at least 4 members (excludes halogenated alkanes) is 49. The van der Waals surface area contributed by atoms with E-state index in [2.05, 4.69) is 50.3 Å². The van der Waals surface area contributed by atoms with Gasteiger partial charge in [-0.05, 0) is 51.4 Å². The van der Waals surface area contributed by atoms with Gasteiger partial charge in [0.05, 0.1) is 6.61 Å². The van der Waals surface area contributed by atoms with Gasteiger partial charge >= 0.3 is 11.9 Å². The Morgan fingerprint density at radius 1 is 0.311 bits per heavy atom. The van der Waals surface area contributed by atoms with E-state index in [4.69, 9.17) is 9.47 Å². The van der Waals surface area contributed by atoms with Crippen LogP contribution in [0.2, 0.25) is 0 Å². The Kier molecular flexibility index (Phi) is 63.7. The molecule has 0 radical (unpaired) electrons. The Balaban J connectivity index is 3.36. The minimum Gasteiger partial charge on any atom is -0.462 e. The van der Waals surface area contributed by atoms with E-state index < -0.39 is 6.10 Å². The molecule has 0 aliphatic carbocycles. The fourth-order valence-corrected chi connectivity index (χ4v) is 10.4. The highest BCUT2D eigenvalue weighted by atomic mass is 16.6. The standard InChI is InChI=1S/C69H130O5/c1-3-5-7-9-11-13-15-17-19-21-23-24-25-26-27-28-29-30-31-32-33-34-35-36-37-38-39-40-41-42-43-44-46-48-50-52-54-56-58-60-62-64-69(72)74-67(65-70)66-73-68(71)63-61-59-57-55-53-51-49-47-45-22-20-18-16-14-12-10-8-6-4-2/h15,17,21,23,25-26,67,70H,3-14,16,18-20,22,24,27-66H2,1-2H3/b17-15-,23-21-,26-25-. The Morgan fingerprint density at radius 2 is 0.541 bits per heavy atom. The fourth-order valence-electron chi connectivity index (χ4n) is 10.4. The first-order valence-corrected chi connectivity index (χ1v) is 33.5. The summed E-state index contributed by atoms with van der Waals surface area (Å²) in [6, 6.07) is 0. The summed E-state index contributed by atoms with van der Waals surface area (Å²) in [6.07, 6.45) is 86.1. The monoisotopic (exact) mass is 1040 g/mol. The normalized spacial score (nSPS) is 12.3. The van der Waals surface area contributed by atoms with Gasteiger partial charge in [-0.1, -0.05) is 346 Å². The minimum absolute atomic E-state index is 0.0579. The van der Waals surface area contributed by atoms with Crippen LogP contribution in [0.25, 0.3) is 0 Å². The number of rotatable bonds is 63. The Labute approximate surface area is 463 Å². The Hall–Kier alpha value is -1.88. The molecule has 0 bridgehead atoms. The summed E-state index contributed by atoms with van der Waals surface area (Å²) in [5.41, 5.74) is 0. The number of aliphatic hydroxyl groups is 1. The van der Waals surface area contributed by atoms with Crippen LogP contribution in [-0.2, 0) is 19.1 Å². The first-order valence-electron chi connectivity index (χ1n) is 33.5. The molecule has 0 heterocycles. The van der Waals surface area contributed by atoms with Crippen LogP contribution in [0.4, 0.5) is 0 Å². The van der Waals surface area contributed by atoms with Crippen molar-refractivity contribution < 1.29 is 24.2 Å². The molecule has 0 rings (SSSR count). The molecule has 0 aliphatic rings. The number of allylic oxidation sites excluding steroid dienone is 6. The van der Waals surface area contributed by atoms with Crippen molar-refractivity contribution in [2.75, 3.05) is 13.2 Å². The highest BCUT2D eigenvalue weighted by Crippen LogP contribution is 2.19. The van der Waals surface area contributed by atoms with Crippen molar-refractivity contribution in [3.05, 3.63) is 36.5 Å². The van der Waals surface area contributed by atoms with Crippen molar-refractivity contribution in [1.29, 1.82) is 0 Å². The molecule has 1 N–H and O–H groups in total. The first kappa shape index (κ1) is 72.1. The van der Waals surface area contributed by atoms with E-state index in [0.29, 0.717) is 12.8 Å². The maximum atomic E-state index is 12.3. The molecule has 5 nitrogen and oxygen atoms in total. The lowest BCUT2D eigenvalue weighted by Crippen LogP contribution is -2.28. The Bertz CT molecular complexity index is 1170. The van der Waals surface area contributed by atoms with Crippen LogP contribution in [0.15, 0.2) is 36.5 Å². The minimum atomic E-state index is -0.767. The van der Waals surface area contributed by atoms with Gasteiger partial charge in [0.1, 0.15) is 6.61 Å². The third kappa shape index (κ3) is 62.7. The number of carbonyl (C=O) groups is 2. The number of hydrogen-bond acceptors (Lipinski definition) is 5. The second-order valence-corrected chi connectivity index (χ2v) is 22.9. The van der Waals surface area contributed by atoms with Crippen LogP contribution in [-0.4, -0.2) is 36.4 Å². The molecular weight excluding hydrogens is 909 g/mol. The number of carbonyl (C=O) groups excluding carboxylic acids is 2. The topological polar surface area (TPSA) is 72.8 Å². The van der Waals surface area contributed by atoms with Crippen molar-refractivity contribution in [1.82, 2.24) is 0 Å². The van der Waals surface area contributed by atoms with Gasteiger partial charge < -0.3 is 14.6 Å². The molecule has 0 saturated carbocycles. The van der Waals surface area contributed by atoms with Gasteiger partial charge in [-0.25, -0.2) is 0 Å². The molecule has 0 amide bonds. The van der Waals surface area contributed by atoms with Gasteiger partial charge in [-0.3, -0.25) is 9.59 Å². The maximum absolute atomic E-state index is 12.3. The van der Waals surface area contributed by atoms with Crippen LogP contribution >= 0.6 is 0 Å². The van der Waals surface area contributed by atoms with Crippen LogP contribution < -0.4 is 0 Å². The van der Waals surface area contributed by atoms with Crippen molar-refractivity contribution >= 4 is 11.9 Å². The molecule has 0 aromatic rings. The van der Waals surface area contributed by atoms with Crippen LogP contribution in [0.3, 0.4) is 0 Å². The third-order valence-corrected chi connectivity index (χ3v) is 15.4. The predicted molar refractivity (Wildman–Crippen MR) is 325 cm³/mol. The van der Waals surface area contributed by atoms with E-state index in [1.165, 1.54) is 302 Å². The molecule has 0 aliphatic heterocycles. The summed E-state index contributed by atoms with van der Waals surface area (Å²) in [4.78, 5) is 24.6. The second-order valence-electron chi connectivity index (χ2n) is 22.9. The highest BCUT2D eigenvalue weighted by Gasteiger charge is 2.16. The zero-order valence-electron chi connectivity index (χ0n) is 50.1. The maximum Gasteiger partial charge on any atom is 0.306 e. The first-order chi connectivity index (χ1) is 36.6. The summed E-state index contributed by atoms with van der Waals surface area (Å²) < 4.78 is 10.7. The molecule has 74 heavy (non-hydrogen) atoms. The summed E-state index contributed by atoms with van der Waals surface area (Å²) in [6.45, 7) is 4.19. The quantitative estimate of drug-likeness (QED) is 0.0373. The molecule has 1 atom stereocenters. The zero-order chi connectivity index (χ0) is 53.4. The van der Waals surface area contributed by atoms with Crippen LogP contribution in [0.5, 0.6) is 0 Å². The Morgan fingerprint density at radius 3 is 0.811 bits per heavy atom. The molecule has 0 aromatic carbocycles. The molecular formula is C69H130O5. The van der Waals surface area contributed by atoms with E-state index in [0.717, 1.165) is 44.9 Å². The molecule has 1 unspecified atom stereocenters. The molecule has 0 aromatic heterocycles. The number of ether oxygens (including phenoxy) is 2. The summed E-state index contributed by atoms with van der Waals surface area (Å²) >= 11 is 0. The second kappa shape index (κ2) is 65.4. The van der Waals surface area contributed by atoms with Gasteiger partial charge in [0.2, 0.25) is 0 Å². The highest BCUT2D eigenvalue weighted by molar-refractivity contribution is 5.70. The number of esters is 2. The van der Waals surface area contributed by atoms with Gasteiger partial charge in [0, 0.05) is 12.8 Å². The van der Waals surface area contributed by atoms with Gasteiger partial charge in [0.15, 0.2) is 6.10 Å². The molecule has 0 spiro atoms. The van der Waals surface area contributed by atoms with E-state index in [1.807, 2.05) is 0 Å². The van der Waals surface area contributed by atoms with E-state index in [1.54, 1.807) is 0 Å². The van der Waals surface area contributed by atoms with Gasteiger partial charge in [-0.2, -0.15) is 0 Å². The molecule has 5 heteroatoms. The van der Waals surface area contributed by atoms with Crippen molar-refractivity contribution in [2.45, 2.75) is 380 Å². The summed E-state index contributed by atoms with van der Waals surface area (Å²) in [5, 5.41) is 9.67. The van der Waals surface area contributed by atoms with Crippen LogP contribution in [0, 0.1) is 0 Å². The van der Waals surface area contributed by atoms with Crippen molar-refractivity contribution in [2.24, 2.45) is 0 Å². The van der Waals surface area contributed by atoms with E-state index in [-0.39, 0.29) is 25.2 Å². The van der Waals surface area contributed by atoms with Crippen LogP contribution in [0.1, 0.15) is 373 Å². The number of hydrogen-bond donors (Lipinski definition) is 1. The summed E-state index contributed by atoms with van der Waals surface area (Å²) in [5.74, 6) is -0.566. The smallest absolute Gasteiger partial charge is 0.306 e. The van der Waals surface area contributed by atoms with E-state index >= 15 is 0 Å². The zero-order valence-corrected chi connectivity index (χ0v) is 50.1. The summed E-state index contributed by atoms with van der Waals surface area (Å²) in [7, 11) is 0.